The summed E-state index contributed by atoms with van der Waals surface area (Å²) >= 11 is 6.31. The molecule has 21 heavy (non-hydrogen) atoms. The fraction of sp³-hybridized carbons (Fsp3) is 0.562. The zero-order valence-electron chi connectivity index (χ0n) is 12.1. The number of nitrogens with one attached hydrogen (secondary N) is 1. The zero-order valence-corrected chi connectivity index (χ0v) is 12.9. The van der Waals surface area contributed by atoms with Crippen LogP contribution in [0.5, 0.6) is 0 Å². The molecule has 2 unspecified atom stereocenters. The third-order valence-electron chi connectivity index (χ3n) is 4.69. The van der Waals surface area contributed by atoms with Gasteiger partial charge in [0.1, 0.15) is 0 Å². The summed E-state index contributed by atoms with van der Waals surface area (Å²) in [5.74, 6) is -0.433. The van der Waals surface area contributed by atoms with Crippen molar-refractivity contribution in [2.45, 2.75) is 44.3 Å². The van der Waals surface area contributed by atoms with Crippen LogP contribution in [0.25, 0.3) is 0 Å². The van der Waals surface area contributed by atoms with E-state index in [1.807, 2.05) is 6.07 Å². The van der Waals surface area contributed by atoms with Crippen molar-refractivity contribution in [2.75, 3.05) is 13.1 Å². The van der Waals surface area contributed by atoms with E-state index in [4.69, 9.17) is 17.3 Å². The maximum Gasteiger partial charge on any atom is 0.248 e. The first-order valence-electron chi connectivity index (χ1n) is 7.71. The number of carbonyl (C=O) groups is 1. The van der Waals surface area contributed by atoms with Crippen LogP contribution in [0.4, 0.5) is 0 Å². The van der Waals surface area contributed by atoms with Crippen LogP contribution >= 0.6 is 11.6 Å². The van der Waals surface area contributed by atoms with E-state index in [0.717, 1.165) is 25.2 Å². The summed E-state index contributed by atoms with van der Waals surface area (Å²) in [5, 5.41) is 4.25. The van der Waals surface area contributed by atoms with Gasteiger partial charge in [-0.25, -0.2) is 0 Å². The second-order valence-electron chi connectivity index (χ2n) is 6.05. The summed E-state index contributed by atoms with van der Waals surface area (Å²) in [6.07, 6.45) is 5.06. The Balaban J connectivity index is 1.71. The lowest BCUT2D eigenvalue weighted by Gasteiger charge is -2.29. The first kappa shape index (κ1) is 14.8. The molecule has 0 radical (unpaired) electrons. The molecule has 0 saturated carbocycles. The molecular formula is C16H22ClN3O. The van der Waals surface area contributed by atoms with Crippen LogP contribution in [0.3, 0.4) is 0 Å². The second kappa shape index (κ2) is 6.34. The van der Waals surface area contributed by atoms with Crippen molar-refractivity contribution in [3.8, 4) is 0 Å². The van der Waals surface area contributed by atoms with Gasteiger partial charge in [0.2, 0.25) is 5.91 Å². The lowest BCUT2D eigenvalue weighted by atomic mass is 10.0. The molecule has 114 valence electrons. The van der Waals surface area contributed by atoms with Crippen molar-refractivity contribution in [2.24, 2.45) is 5.73 Å². The summed E-state index contributed by atoms with van der Waals surface area (Å²) in [6, 6.07) is 6.61. The Morgan fingerprint density at radius 2 is 2.24 bits per heavy atom. The Kier molecular flexibility index (Phi) is 4.48. The van der Waals surface area contributed by atoms with Crippen LogP contribution < -0.4 is 11.1 Å². The number of amides is 1. The monoisotopic (exact) mass is 307 g/mol. The van der Waals surface area contributed by atoms with Crippen LogP contribution in [0.2, 0.25) is 5.02 Å². The van der Waals surface area contributed by atoms with Gasteiger partial charge in [-0.1, -0.05) is 17.7 Å². The molecule has 0 bridgehead atoms. The summed E-state index contributed by atoms with van der Waals surface area (Å²) in [5.41, 5.74) is 6.83. The van der Waals surface area contributed by atoms with E-state index in [9.17, 15) is 4.79 Å². The van der Waals surface area contributed by atoms with Crippen molar-refractivity contribution in [3.05, 3.63) is 34.3 Å². The number of hydrogen-bond acceptors (Lipinski definition) is 3. The van der Waals surface area contributed by atoms with Crippen LogP contribution in [0.15, 0.2) is 18.2 Å². The van der Waals surface area contributed by atoms with Gasteiger partial charge in [0.25, 0.3) is 0 Å². The highest BCUT2D eigenvalue weighted by Gasteiger charge is 2.33. The molecule has 0 aliphatic carbocycles. The Labute approximate surface area is 130 Å². The number of carbonyl (C=O) groups excluding carboxylic acids is 1. The molecule has 4 nitrogen and oxygen atoms in total. The summed E-state index contributed by atoms with van der Waals surface area (Å²) in [6.45, 7) is 3.11. The van der Waals surface area contributed by atoms with E-state index in [1.165, 1.54) is 25.7 Å². The average molecular weight is 308 g/mol. The maximum atomic E-state index is 11.2. The quantitative estimate of drug-likeness (QED) is 0.896. The molecule has 5 heteroatoms. The van der Waals surface area contributed by atoms with Gasteiger partial charge >= 0.3 is 0 Å². The smallest absolute Gasteiger partial charge is 0.248 e. The minimum Gasteiger partial charge on any atom is -0.366 e. The molecule has 1 aromatic rings. The van der Waals surface area contributed by atoms with E-state index >= 15 is 0 Å². The van der Waals surface area contributed by atoms with E-state index in [1.54, 1.807) is 12.1 Å². The van der Waals surface area contributed by atoms with Crippen LogP contribution in [-0.2, 0) is 6.54 Å². The molecule has 3 rings (SSSR count). The first-order chi connectivity index (χ1) is 10.1. The topological polar surface area (TPSA) is 58.4 Å². The van der Waals surface area contributed by atoms with Crippen molar-refractivity contribution >= 4 is 17.5 Å². The number of benzene rings is 1. The molecule has 2 saturated heterocycles. The number of nitrogens with two attached hydrogens (primary N) is 1. The van der Waals surface area contributed by atoms with Gasteiger partial charge in [0, 0.05) is 29.2 Å². The Hall–Kier alpha value is -1.10. The molecule has 0 spiro atoms. The standard InChI is InChI=1S/C16H22ClN3O/c17-13-9-11(16(18)21)5-6-12(13)10-20-8-2-4-15(20)14-3-1-7-19-14/h5-6,9,14-15,19H,1-4,7-8,10H2,(H2,18,21). The van der Waals surface area contributed by atoms with Crippen LogP contribution in [0, 0.1) is 0 Å². The van der Waals surface area contributed by atoms with Crippen molar-refractivity contribution in [1.29, 1.82) is 0 Å². The molecule has 0 aromatic heterocycles. The fourth-order valence-corrected chi connectivity index (χ4v) is 3.83. The van der Waals surface area contributed by atoms with Gasteiger partial charge in [-0.2, -0.15) is 0 Å². The van der Waals surface area contributed by atoms with Crippen molar-refractivity contribution in [1.82, 2.24) is 10.2 Å². The molecule has 2 fully saturated rings. The molecule has 1 aromatic carbocycles. The minimum absolute atomic E-state index is 0.433. The number of hydrogen-bond donors (Lipinski definition) is 2. The number of likely N-dealkylation sites (tertiary alicyclic amines) is 1. The average Bonchev–Trinajstić information content (AvgIpc) is 3.11. The summed E-state index contributed by atoms with van der Waals surface area (Å²) in [4.78, 5) is 13.7. The zero-order chi connectivity index (χ0) is 14.8. The van der Waals surface area contributed by atoms with Crippen molar-refractivity contribution < 1.29 is 4.79 Å². The predicted molar refractivity (Wildman–Crippen MR) is 84.4 cm³/mol. The van der Waals surface area contributed by atoms with Gasteiger partial charge in [0.05, 0.1) is 0 Å². The highest BCUT2D eigenvalue weighted by atomic mass is 35.5. The largest absolute Gasteiger partial charge is 0.366 e. The lowest BCUT2D eigenvalue weighted by molar-refractivity contribution is 0.100. The van der Waals surface area contributed by atoms with Gasteiger partial charge in [-0.05, 0) is 56.5 Å². The van der Waals surface area contributed by atoms with Gasteiger partial charge in [-0.15, -0.1) is 0 Å². The third kappa shape index (κ3) is 3.23. The van der Waals surface area contributed by atoms with E-state index in [-0.39, 0.29) is 0 Å². The number of nitrogens with zero attached hydrogens (tertiary/aromatic N) is 1. The minimum atomic E-state index is -0.433. The Morgan fingerprint density at radius 3 is 2.90 bits per heavy atom. The van der Waals surface area contributed by atoms with E-state index in [2.05, 4.69) is 10.2 Å². The molecule has 2 aliphatic heterocycles. The third-order valence-corrected chi connectivity index (χ3v) is 5.04. The summed E-state index contributed by atoms with van der Waals surface area (Å²) < 4.78 is 0. The first-order valence-corrected chi connectivity index (χ1v) is 8.08. The summed E-state index contributed by atoms with van der Waals surface area (Å²) in [7, 11) is 0. The highest BCUT2D eigenvalue weighted by Crippen LogP contribution is 2.28. The molecule has 3 N–H and O–H groups in total. The SMILES string of the molecule is NC(=O)c1ccc(CN2CCCC2C2CCCN2)c(Cl)c1. The van der Waals surface area contributed by atoms with Gasteiger partial charge < -0.3 is 11.1 Å². The van der Waals surface area contributed by atoms with Gasteiger partial charge in [-0.3, -0.25) is 9.69 Å². The molecule has 2 aliphatic rings. The maximum absolute atomic E-state index is 11.2. The van der Waals surface area contributed by atoms with Crippen LogP contribution in [0.1, 0.15) is 41.6 Å². The Bertz CT molecular complexity index is 528. The molecule has 1 amide bonds. The number of halogens is 1. The van der Waals surface area contributed by atoms with Gasteiger partial charge in [0.15, 0.2) is 0 Å². The predicted octanol–water partition coefficient (Wildman–Crippen LogP) is 2.16. The molecule has 2 heterocycles. The fourth-order valence-electron chi connectivity index (χ4n) is 3.59. The van der Waals surface area contributed by atoms with Crippen molar-refractivity contribution in [3.63, 3.8) is 0 Å². The molecule has 2 atom stereocenters. The Morgan fingerprint density at radius 1 is 1.38 bits per heavy atom. The van der Waals surface area contributed by atoms with Crippen LogP contribution in [-0.4, -0.2) is 36.0 Å². The molecular weight excluding hydrogens is 286 g/mol. The van der Waals surface area contributed by atoms with E-state index < -0.39 is 5.91 Å². The highest BCUT2D eigenvalue weighted by molar-refractivity contribution is 6.31. The lowest BCUT2D eigenvalue weighted by Crippen LogP contribution is -2.43. The number of primary amides is 1. The second-order valence-corrected chi connectivity index (χ2v) is 6.46. The number of rotatable bonds is 4. The normalized spacial score (nSPS) is 26.3. The van der Waals surface area contributed by atoms with E-state index in [0.29, 0.717) is 22.7 Å².